The van der Waals surface area contributed by atoms with Crippen molar-refractivity contribution in [1.29, 1.82) is 5.41 Å². The van der Waals surface area contributed by atoms with E-state index in [-0.39, 0.29) is 0 Å². The number of hydrogen-bond donors (Lipinski definition) is 2. The molecule has 82 valence electrons. The number of rotatable bonds is 4. The molecule has 1 atom stereocenters. The van der Waals surface area contributed by atoms with Crippen LogP contribution in [0.3, 0.4) is 0 Å². The van der Waals surface area contributed by atoms with E-state index < -0.39 is 5.60 Å². The quantitative estimate of drug-likeness (QED) is 0.668. The molecule has 0 aromatic rings. The van der Waals surface area contributed by atoms with Crippen LogP contribution >= 0.6 is 0 Å². The van der Waals surface area contributed by atoms with E-state index in [1.54, 1.807) is 0 Å². The molecular formula is C12H23NO. The molecule has 1 aliphatic carbocycles. The van der Waals surface area contributed by atoms with E-state index in [1.165, 1.54) is 19.3 Å². The highest BCUT2D eigenvalue weighted by Crippen LogP contribution is 2.33. The molecule has 0 saturated heterocycles. The van der Waals surface area contributed by atoms with Crippen molar-refractivity contribution in [2.24, 2.45) is 5.92 Å². The van der Waals surface area contributed by atoms with Gasteiger partial charge in [-0.3, -0.25) is 0 Å². The van der Waals surface area contributed by atoms with Crippen LogP contribution in [0.1, 0.15) is 58.8 Å². The molecule has 0 spiro atoms. The third-order valence-corrected chi connectivity index (χ3v) is 3.51. The summed E-state index contributed by atoms with van der Waals surface area (Å²) in [7, 11) is 0. The second-order valence-corrected chi connectivity index (χ2v) is 4.71. The fraction of sp³-hybridized carbons (Fsp3) is 0.917. The standard InChI is InChI=1S/C12H23NO/c1-3-7-11(13)12(2,14)10-8-5-4-6-9-10/h10,13-14H,3-9H2,1-2H3. The second-order valence-electron chi connectivity index (χ2n) is 4.71. The van der Waals surface area contributed by atoms with E-state index >= 15 is 0 Å². The van der Waals surface area contributed by atoms with Crippen LogP contribution in [0.15, 0.2) is 0 Å². The third kappa shape index (κ3) is 2.57. The van der Waals surface area contributed by atoms with Crippen molar-refractivity contribution in [3.05, 3.63) is 0 Å². The van der Waals surface area contributed by atoms with Gasteiger partial charge in [0.05, 0.1) is 0 Å². The van der Waals surface area contributed by atoms with Crippen molar-refractivity contribution in [2.45, 2.75) is 64.4 Å². The largest absolute Gasteiger partial charge is 0.384 e. The fourth-order valence-corrected chi connectivity index (χ4v) is 2.41. The predicted molar refractivity (Wildman–Crippen MR) is 59.8 cm³/mol. The zero-order valence-corrected chi connectivity index (χ0v) is 9.47. The van der Waals surface area contributed by atoms with Crippen LogP contribution in [0, 0.1) is 11.3 Å². The van der Waals surface area contributed by atoms with Crippen molar-refractivity contribution in [3.8, 4) is 0 Å². The third-order valence-electron chi connectivity index (χ3n) is 3.51. The van der Waals surface area contributed by atoms with Crippen LogP contribution in [0.5, 0.6) is 0 Å². The summed E-state index contributed by atoms with van der Waals surface area (Å²) in [5.74, 6) is 0.329. The normalized spacial score (nSPS) is 23.1. The molecule has 2 nitrogen and oxygen atoms in total. The molecule has 1 rings (SSSR count). The summed E-state index contributed by atoms with van der Waals surface area (Å²) in [6.07, 6.45) is 7.64. The van der Waals surface area contributed by atoms with Gasteiger partial charge < -0.3 is 10.5 Å². The molecule has 1 aliphatic rings. The highest BCUT2D eigenvalue weighted by atomic mass is 16.3. The molecular weight excluding hydrogens is 174 g/mol. The first-order valence-corrected chi connectivity index (χ1v) is 5.89. The molecule has 0 amide bonds. The molecule has 14 heavy (non-hydrogen) atoms. The van der Waals surface area contributed by atoms with E-state index in [1.807, 2.05) is 6.92 Å². The Labute approximate surface area is 87.2 Å². The van der Waals surface area contributed by atoms with Crippen LogP contribution in [0.2, 0.25) is 0 Å². The molecule has 1 saturated carbocycles. The predicted octanol–water partition coefficient (Wildman–Crippen LogP) is 3.14. The minimum Gasteiger partial charge on any atom is -0.384 e. The number of nitrogens with one attached hydrogen (secondary N) is 1. The average Bonchev–Trinajstić information content (AvgIpc) is 2.19. The van der Waals surface area contributed by atoms with Gasteiger partial charge >= 0.3 is 0 Å². The lowest BCUT2D eigenvalue weighted by Crippen LogP contribution is -2.43. The zero-order chi connectivity index (χ0) is 10.6. The Hall–Kier alpha value is -0.370. The van der Waals surface area contributed by atoms with Crippen molar-refractivity contribution >= 4 is 5.71 Å². The number of aliphatic hydroxyl groups is 1. The van der Waals surface area contributed by atoms with Gasteiger partial charge in [-0.15, -0.1) is 0 Å². The maximum atomic E-state index is 10.3. The molecule has 2 N–H and O–H groups in total. The van der Waals surface area contributed by atoms with E-state index in [0.29, 0.717) is 11.6 Å². The van der Waals surface area contributed by atoms with Crippen molar-refractivity contribution in [3.63, 3.8) is 0 Å². The molecule has 0 heterocycles. The summed E-state index contributed by atoms with van der Waals surface area (Å²) in [5.41, 5.74) is -0.303. The smallest absolute Gasteiger partial charge is 0.102 e. The van der Waals surface area contributed by atoms with Crippen LogP contribution in [0.4, 0.5) is 0 Å². The summed E-state index contributed by atoms with van der Waals surface area (Å²) < 4.78 is 0. The minimum absolute atomic E-state index is 0.329. The highest BCUT2D eigenvalue weighted by molar-refractivity contribution is 5.89. The summed E-state index contributed by atoms with van der Waals surface area (Å²) in [5, 5.41) is 18.2. The first-order chi connectivity index (χ1) is 6.59. The maximum Gasteiger partial charge on any atom is 0.102 e. The lowest BCUT2D eigenvalue weighted by molar-refractivity contribution is 0.0435. The van der Waals surface area contributed by atoms with Crippen molar-refractivity contribution in [2.75, 3.05) is 0 Å². The van der Waals surface area contributed by atoms with E-state index in [2.05, 4.69) is 6.92 Å². The summed E-state index contributed by atoms with van der Waals surface area (Å²) >= 11 is 0. The van der Waals surface area contributed by atoms with Crippen LogP contribution < -0.4 is 0 Å². The van der Waals surface area contributed by atoms with Crippen LogP contribution in [0.25, 0.3) is 0 Å². The van der Waals surface area contributed by atoms with Crippen molar-refractivity contribution in [1.82, 2.24) is 0 Å². The lowest BCUT2D eigenvalue weighted by Gasteiger charge is -2.36. The maximum absolute atomic E-state index is 10.3. The van der Waals surface area contributed by atoms with Gasteiger partial charge in [-0.05, 0) is 32.1 Å². The molecule has 1 unspecified atom stereocenters. The first-order valence-electron chi connectivity index (χ1n) is 5.89. The van der Waals surface area contributed by atoms with Gasteiger partial charge in [0, 0.05) is 5.71 Å². The first kappa shape index (κ1) is 11.7. The summed E-state index contributed by atoms with van der Waals surface area (Å²) in [6.45, 7) is 3.90. The molecule has 0 aromatic carbocycles. The Kier molecular flexibility index (Phi) is 4.11. The Morgan fingerprint density at radius 3 is 2.43 bits per heavy atom. The highest BCUT2D eigenvalue weighted by Gasteiger charge is 2.35. The summed E-state index contributed by atoms with van der Waals surface area (Å²) in [4.78, 5) is 0. The lowest BCUT2D eigenvalue weighted by atomic mass is 9.75. The minimum atomic E-state index is -0.837. The molecule has 0 bridgehead atoms. The Morgan fingerprint density at radius 2 is 1.93 bits per heavy atom. The van der Waals surface area contributed by atoms with Gasteiger partial charge in [0.15, 0.2) is 0 Å². The Balaban J connectivity index is 2.57. The summed E-state index contributed by atoms with van der Waals surface area (Å²) in [6, 6.07) is 0. The molecule has 2 heteroatoms. The Bertz CT molecular complexity index is 192. The Morgan fingerprint density at radius 1 is 1.36 bits per heavy atom. The van der Waals surface area contributed by atoms with Gasteiger partial charge in [-0.2, -0.15) is 0 Å². The van der Waals surface area contributed by atoms with E-state index in [0.717, 1.165) is 25.7 Å². The fourth-order valence-electron chi connectivity index (χ4n) is 2.41. The van der Waals surface area contributed by atoms with Gasteiger partial charge in [-0.25, -0.2) is 0 Å². The van der Waals surface area contributed by atoms with Gasteiger partial charge in [-0.1, -0.05) is 32.6 Å². The van der Waals surface area contributed by atoms with Crippen molar-refractivity contribution < 1.29 is 5.11 Å². The number of hydrogen-bond acceptors (Lipinski definition) is 2. The molecule has 0 radical (unpaired) electrons. The topological polar surface area (TPSA) is 44.1 Å². The molecule has 0 aromatic heterocycles. The average molecular weight is 197 g/mol. The van der Waals surface area contributed by atoms with Gasteiger partial charge in [0.25, 0.3) is 0 Å². The van der Waals surface area contributed by atoms with Gasteiger partial charge in [0.2, 0.25) is 0 Å². The second kappa shape index (κ2) is 4.92. The SMILES string of the molecule is CCCC(=N)C(C)(O)C1CCCCC1. The molecule has 0 aliphatic heterocycles. The monoisotopic (exact) mass is 197 g/mol. The zero-order valence-electron chi connectivity index (χ0n) is 9.47. The van der Waals surface area contributed by atoms with Gasteiger partial charge in [0.1, 0.15) is 5.60 Å². The van der Waals surface area contributed by atoms with Crippen LogP contribution in [-0.4, -0.2) is 16.4 Å². The van der Waals surface area contributed by atoms with E-state index in [9.17, 15) is 5.11 Å². The molecule has 1 fully saturated rings. The van der Waals surface area contributed by atoms with E-state index in [4.69, 9.17) is 5.41 Å². The van der Waals surface area contributed by atoms with Crippen LogP contribution in [-0.2, 0) is 0 Å².